The number of nitrogens with one attached hydrogen (secondary N) is 1. The van der Waals surface area contributed by atoms with Crippen molar-refractivity contribution in [3.63, 3.8) is 0 Å². The third kappa shape index (κ3) is 3.12. The number of nitrogens with two attached hydrogens (primary N) is 1. The number of hydrogen-bond donors (Lipinski definition) is 2. The van der Waals surface area contributed by atoms with Crippen LogP contribution in [0.15, 0.2) is 18.2 Å². The van der Waals surface area contributed by atoms with E-state index in [1.165, 1.54) is 6.42 Å². The molecule has 1 aromatic carbocycles. The van der Waals surface area contributed by atoms with Gasteiger partial charge in [-0.3, -0.25) is 10.6 Å². The minimum absolute atomic E-state index is 0.111. The topological polar surface area (TPSA) is 58.4 Å². The lowest BCUT2D eigenvalue weighted by atomic mass is 9.96. The molecule has 1 aromatic rings. The molecule has 3 N–H and O–H groups in total. The summed E-state index contributed by atoms with van der Waals surface area (Å²) in [4.78, 5) is 14.9. The highest BCUT2D eigenvalue weighted by molar-refractivity contribution is 6.00. The normalized spacial score (nSPS) is 18.9. The Balaban J connectivity index is 2.26. The molecule has 0 radical (unpaired) electrons. The SMILES string of the molecule is CCCC1CCCCN1C(=O)c1cc(C)ccc1NN. The van der Waals surface area contributed by atoms with Crippen LogP contribution in [0.5, 0.6) is 0 Å². The molecule has 1 amide bonds. The van der Waals surface area contributed by atoms with Crippen molar-refractivity contribution in [1.29, 1.82) is 0 Å². The summed E-state index contributed by atoms with van der Waals surface area (Å²) in [6.07, 6.45) is 5.65. The molecule has 4 nitrogen and oxygen atoms in total. The van der Waals surface area contributed by atoms with E-state index in [0.29, 0.717) is 17.3 Å². The van der Waals surface area contributed by atoms with Crippen LogP contribution in [0.2, 0.25) is 0 Å². The summed E-state index contributed by atoms with van der Waals surface area (Å²) in [7, 11) is 0. The maximum atomic E-state index is 12.8. The average Bonchev–Trinajstić information content (AvgIpc) is 2.47. The second kappa shape index (κ2) is 6.75. The van der Waals surface area contributed by atoms with Gasteiger partial charge in [0.15, 0.2) is 0 Å². The number of amides is 1. The molecule has 1 fully saturated rings. The fourth-order valence-corrected chi connectivity index (χ4v) is 3.02. The molecule has 1 atom stereocenters. The molecule has 0 aliphatic carbocycles. The van der Waals surface area contributed by atoms with Crippen LogP contribution in [0.1, 0.15) is 54.9 Å². The predicted molar refractivity (Wildman–Crippen MR) is 82.6 cm³/mol. The number of hydrazine groups is 1. The van der Waals surface area contributed by atoms with Gasteiger partial charge in [0.25, 0.3) is 5.91 Å². The van der Waals surface area contributed by atoms with Crippen molar-refractivity contribution < 1.29 is 4.79 Å². The molecule has 110 valence electrons. The van der Waals surface area contributed by atoms with Crippen molar-refractivity contribution in [1.82, 2.24) is 4.90 Å². The lowest BCUT2D eigenvalue weighted by Crippen LogP contribution is -2.44. The minimum Gasteiger partial charge on any atom is -0.336 e. The molecule has 0 saturated carbocycles. The first-order chi connectivity index (χ1) is 9.67. The summed E-state index contributed by atoms with van der Waals surface area (Å²) in [5.74, 6) is 5.65. The van der Waals surface area contributed by atoms with Crippen molar-refractivity contribution >= 4 is 11.6 Å². The first-order valence-corrected chi connectivity index (χ1v) is 7.55. The van der Waals surface area contributed by atoms with Gasteiger partial charge >= 0.3 is 0 Å². The number of piperidine rings is 1. The van der Waals surface area contributed by atoms with Crippen LogP contribution < -0.4 is 11.3 Å². The molecular weight excluding hydrogens is 250 g/mol. The van der Waals surface area contributed by atoms with Crippen molar-refractivity contribution in [3.8, 4) is 0 Å². The second-order valence-electron chi connectivity index (χ2n) is 5.63. The zero-order chi connectivity index (χ0) is 14.5. The maximum absolute atomic E-state index is 12.8. The molecule has 1 unspecified atom stereocenters. The Bertz CT molecular complexity index is 471. The van der Waals surface area contributed by atoms with Gasteiger partial charge in [-0.05, 0) is 44.7 Å². The number of anilines is 1. The first-order valence-electron chi connectivity index (χ1n) is 7.55. The van der Waals surface area contributed by atoms with E-state index in [4.69, 9.17) is 5.84 Å². The van der Waals surface area contributed by atoms with Gasteiger partial charge in [-0.15, -0.1) is 0 Å². The Morgan fingerprint density at radius 1 is 1.45 bits per heavy atom. The van der Waals surface area contributed by atoms with Gasteiger partial charge in [0.2, 0.25) is 0 Å². The zero-order valence-electron chi connectivity index (χ0n) is 12.5. The van der Waals surface area contributed by atoms with Gasteiger partial charge in [0, 0.05) is 12.6 Å². The van der Waals surface area contributed by atoms with E-state index < -0.39 is 0 Å². The van der Waals surface area contributed by atoms with Gasteiger partial charge in [-0.1, -0.05) is 25.0 Å². The van der Waals surface area contributed by atoms with Gasteiger partial charge in [0.1, 0.15) is 0 Å². The van der Waals surface area contributed by atoms with E-state index in [2.05, 4.69) is 12.3 Å². The number of hydrogen-bond acceptors (Lipinski definition) is 3. The number of carbonyl (C=O) groups excluding carboxylic acids is 1. The molecule has 1 heterocycles. The lowest BCUT2D eigenvalue weighted by Gasteiger charge is -2.36. The van der Waals surface area contributed by atoms with Gasteiger partial charge < -0.3 is 10.3 Å². The van der Waals surface area contributed by atoms with Gasteiger partial charge in [0.05, 0.1) is 11.3 Å². The Hall–Kier alpha value is -1.55. The summed E-state index contributed by atoms with van der Waals surface area (Å²) < 4.78 is 0. The van der Waals surface area contributed by atoms with E-state index in [0.717, 1.165) is 37.8 Å². The Labute approximate surface area is 121 Å². The van der Waals surface area contributed by atoms with E-state index in [9.17, 15) is 4.79 Å². The van der Waals surface area contributed by atoms with E-state index >= 15 is 0 Å². The Kier molecular flexibility index (Phi) is 5.01. The van der Waals surface area contributed by atoms with Crippen LogP contribution in [0.25, 0.3) is 0 Å². The highest BCUT2D eigenvalue weighted by Crippen LogP contribution is 2.26. The van der Waals surface area contributed by atoms with Crippen LogP contribution in [0.4, 0.5) is 5.69 Å². The molecule has 2 rings (SSSR count). The third-order valence-electron chi connectivity index (χ3n) is 4.07. The molecule has 0 spiro atoms. The third-order valence-corrected chi connectivity index (χ3v) is 4.07. The quantitative estimate of drug-likeness (QED) is 0.656. The average molecular weight is 275 g/mol. The highest BCUT2D eigenvalue weighted by atomic mass is 16.2. The number of nitrogen functional groups attached to an aromatic ring is 1. The fraction of sp³-hybridized carbons (Fsp3) is 0.562. The van der Waals surface area contributed by atoms with E-state index in [1.54, 1.807) is 0 Å². The molecule has 20 heavy (non-hydrogen) atoms. The Morgan fingerprint density at radius 3 is 2.95 bits per heavy atom. The number of likely N-dealkylation sites (tertiary alicyclic amines) is 1. The van der Waals surface area contributed by atoms with Crippen molar-refractivity contribution in [2.75, 3.05) is 12.0 Å². The predicted octanol–water partition coefficient (Wildman–Crippen LogP) is 3.08. The molecule has 1 aliphatic heterocycles. The van der Waals surface area contributed by atoms with Crippen LogP contribution in [0.3, 0.4) is 0 Å². The van der Waals surface area contributed by atoms with Crippen molar-refractivity contribution in [2.45, 2.75) is 52.0 Å². The molecule has 0 aromatic heterocycles. The minimum atomic E-state index is 0.111. The molecule has 4 heteroatoms. The number of aryl methyl sites for hydroxylation is 1. The second-order valence-corrected chi connectivity index (χ2v) is 5.63. The summed E-state index contributed by atoms with van der Waals surface area (Å²) in [6, 6.07) is 6.15. The molecular formula is C16H25N3O. The maximum Gasteiger partial charge on any atom is 0.256 e. The van der Waals surface area contributed by atoms with Crippen LogP contribution in [-0.2, 0) is 0 Å². The number of rotatable bonds is 4. The fourth-order valence-electron chi connectivity index (χ4n) is 3.02. The molecule has 0 bridgehead atoms. The zero-order valence-corrected chi connectivity index (χ0v) is 12.5. The summed E-state index contributed by atoms with van der Waals surface area (Å²) >= 11 is 0. The van der Waals surface area contributed by atoms with E-state index in [-0.39, 0.29) is 5.91 Å². The van der Waals surface area contributed by atoms with Crippen molar-refractivity contribution in [2.24, 2.45) is 5.84 Å². The number of carbonyl (C=O) groups is 1. The van der Waals surface area contributed by atoms with Crippen LogP contribution in [-0.4, -0.2) is 23.4 Å². The van der Waals surface area contributed by atoms with Crippen molar-refractivity contribution in [3.05, 3.63) is 29.3 Å². The number of benzene rings is 1. The summed E-state index contributed by atoms with van der Waals surface area (Å²) in [5.41, 5.74) is 5.12. The Morgan fingerprint density at radius 2 is 2.25 bits per heavy atom. The molecule has 1 saturated heterocycles. The molecule has 1 aliphatic rings. The first kappa shape index (κ1) is 14.9. The van der Waals surface area contributed by atoms with E-state index in [1.807, 2.05) is 30.0 Å². The smallest absolute Gasteiger partial charge is 0.256 e. The largest absolute Gasteiger partial charge is 0.336 e. The standard InChI is InChI=1S/C16H25N3O/c1-3-6-13-7-4-5-10-19(13)16(20)14-11-12(2)8-9-15(14)18-17/h8-9,11,13,18H,3-7,10,17H2,1-2H3. The lowest BCUT2D eigenvalue weighted by molar-refractivity contribution is 0.0601. The highest BCUT2D eigenvalue weighted by Gasteiger charge is 2.28. The van der Waals surface area contributed by atoms with Gasteiger partial charge in [-0.25, -0.2) is 0 Å². The summed E-state index contributed by atoms with van der Waals surface area (Å²) in [6.45, 7) is 5.04. The monoisotopic (exact) mass is 275 g/mol. The number of nitrogens with zero attached hydrogens (tertiary/aromatic N) is 1. The van der Waals surface area contributed by atoms with Gasteiger partial charge in [-0.2, -0.15) is 0 Å². The van der Waals surface area contributed by atoms with Crippen LogP contribution >= 0.6 is 0 Å². The van der Waals surface area contributed by atoms with Crippen LogP contribution in [0, 0.1) is 6.92 Å². The summed E-state index contributed by atoms with van der Waals surface area (Å²) in [5, 5.41) is 0.